The minimum absolute atomic E-state index is 0.220. The fraction of sp³-hybridized carbons (Fsp3) is 0.650. The summed E-state index contributed by atoms with van der Waals surface area (Å²) in [4.78, 5) is 11.8. The molecule has 0 aliphatic carbocycles. The molecule has 29 heavy (non-hydrogen) atoms. The van der Waals surface area contributed by atoms with E-state index in [1.165, 1.54) is 12.8 Å². The number of aromatic nitrogens is 3. The molecule has 0 bridgehead atoms. The molecule has 2 aromatic rings. The first-order chi connectivity index (χ1) is 13.8. The molecule has 158 valence electrons. The Morgan fingerprint density at radius 2 is 1.76 bits per heavy atom. The number of nitrogens with zero attached hydrogens (tertiary/aromatic N) is 5. The van der Waals surface area contributed by atoms with Gasteiger partial charge in [-0.3, -0.25) is 0 Å². The summed E-state index contributed by atoms with van der Waals surface area (Å²) in [5.74, 6) is 2.62. The summed E-state index contributed by atoms with van der Waals surface area (Å²) in [7, 11) is -3.56. The molecule has 2 aliphatic heterocycles. The Morgan fingerprint density at radius 3 is 2.38 bits per heavy atom. The Balaban J connectivity index is 1.42. The zero-order valence-electron chi connectivity index (χ0n) is 17.4. The van der Waals surface area contributed by atoms with Gasteiger partial charge in [0.05, 0.1) is 0 Å². The number of rotatable bonds is 5. The highest BCUT2D eigenvalue weighted by atomic mass is 32.2. The van der Waals surface area contributed by atoms with Gasteiger partial charge >= 0.3 is 0 Å². The molecule has 8 nitrogen and oxygen atoms in total. The van der Waals surface area contributed by atoms with Crippen molar-refractivity contribution in [2.45, 2.75) is 57.8 Å². The van der Waals surface area contributed by atoms with Crippen LogP contribution in [0.5, 0.6) is 0 Å². The topological polar surface area (TPSA) is 92.4 Å². The Bertz CT molecular complexity index is 954. The zero-order valence-corrected chi connectivity index (χ0v) is 18.2. The molecular formula is C20H29N5O3S. The minimum Gasteiger partial charge on any atom is -0.360 e. The number of aryl methyl sites for hydroxylation is 3. The summed E-state index contributed by atoms with van der Waals surface area (Å²) in [6, 6.07) is 2.12. The van der Waals surface area contributed by atoms with Gasteiger partial charge in [-0.05, 0) is 58.8 Å². The van der Waals surface area contributed by atoms with E-state index in [1.807, 2.05) is 6.92 Å². The summed E-state index contributed by atoms with van der Waals surface area (Å²) in [5, 5.41) is 3.80. The second-order valence-corrected chi connectivity index (χ2v) is 10.0. The maximum Gasteiger partial charge on any atom is 0.248 e. The Morgan fingerprint density at radius 1 is 1.07 bits per heavy atom. The summed E-state index contributed by atoms with van der Waals surface area (Å²) in [6.45, 7) is 8.42. The van der Waals surface area contributed by atoms with Crippen molar-refractivity contribution in [1.29, 1.82) is 0 Å². The lowest BCUT2D eigenvalue weighted by molar-refractivity contribution is 0.271. The predicted molar refractivity (Wildman–Crippen MR) is 109 cm³/mol. The smallest absolute Gasteiger partial charge is 0.248 e. The van der Waals surface area contributed by atoms with E-state index < -0.39 is 10.0 Å². The summed E-state index contributed by atoms with van der Waals surface area (Å²) >= 11 is 0. The second-order valence-electron chi connectivity index (χ2n) is 8.16. The van der Waals surface area contributed by atoms with Crippen LogP contribution in [0.2, 0.25) is 0 Å². The molecule has 0 unspecified atom stereocenters. The highest BCUT2D eigenvalue weighted by molar-refractivity contribution is 7.89. The van der Waals surface area contributed by atoms with Crippen LogP contribution >= 0.6 is 0 Å². The van der Waals surface area contributed by atoms with Crippen LogP contribution in [0.15, 0.2) is 15.5 Å². The average molecular weight is 420 g/mol. The van der Waals surface area contributed by atoms with Crippen LogP contribution in [0.4, 0.5) is 5.82 Å². The van der Waals surface area contributed by atoms with Gasteiger partial charge in [0, 0.05) is 37.9 Å². The van der Waals surface area contributed by atoms with Gasteiger partial charge in [-0.15, -0.1) is 0 Å². The monoisotopic (exact) mass is 419 g/mol. The van der Waals surface area contributed by atoms with E-state index in [1.54, 1.807) is 18.2 Å². The van der Waals surface area contributed by atoms with Gasteiger partial charge in [-0.25, -0.2) is 18.4 Å². The molecule has 2 saturated heterocycles. The van der Waals surface area contributed by atoms with Gasteiger partial charge in [-0.2, -0.15) is 4.31 Å². The van der Waals surface area contributed by atoms with Crippen LogP contribution in [-0.2, 0) is 16.4 Å². The lowest BCUT2D eigenvalue weighted by Crippen LogP contribution is -2.39. The molecule has 2 aromatic heterocycles. The van der Waals surface area contributed by atoms with E-state index in [9.17, 15) is 8.42 Å². The fourth-order valence-electron chi connectivity index (χ4n) is 4.45. The molecule has 0 N–H and O–H groups in total. The van der Waals surface area contributed by atoms with Crippen molar-refractivity contribution >= 4 is 15.8 Å². The lowest BCUT2D eigenvalue weighted by Gasteiger charge is -2.31. The van der Waals surface area contributed by atoms with E-state index in [0.29, 0.717) is 30.5 Å². The van der Waals surface area contributed by atoms with Crippen molar-refractivity contribution in [3.8, 4) is 0 Å². The normalized spacial score (nSPS) is 19.2. The maximum atomic E-state index is 13.0. The van der Waals surface area contributed by atoms with Crippen molar-refractivity contribution in [2.75, 3.05) is 31.1 Å². The first-order valence-corrected chi connectivity index (χ1v) is 11.8. The average Bonchev–Trinajstić information content (AvgIpc) is 3.32. The van der Waals surface area contributed by atoms with Crippen molar-refractivity contribution in [1.82, 2.24) is 19.4 Å². The van der Waals surface area contributed by atoms with Crippen LogP contribution < -0.4 is 4.90 Å². The van der Waals surface area contributed by atoms with E-state index in [0.717, 1.165) is 49.7 Å². The molecule has 4 rings (SSSR count). The van der Waals surface area contributed by atoms with E-state index in [2.05, 4.69) is 26.1 Å². The molecular weight excluding hydrogens is 390 g/mol. The fourth-order valence-corrected chi connectivity index (χ4v) is 6.21. The van der Waals surface area contributed by atoms with Crippen LogP contribution in [-0.4, -0.2) is 54.0 Å². The van der Waals surface area contributed by atoms with Crippen LogP contribution in [0.3, 0.4) is 0 Å². The van der Waals surface area contributed by atoms with Gasteiger partial charge in [0.15, 0.2) is 5.76 Å². The zero-order chi connectivity index (χ0) is 20.6. The third kappa shape index (κ3) is 4.16. The van der Waals surface area contributed by atoms with E-state index in [-0.39, 0.29) is 4.90 Å². The summed E-state index contributed by atoms with van der Waals surface area (Å²) in [5.41, 5.74) is 1.49. The van der Waals surface area contributed by atoms with Gasteiger partial charge in [0.1, 0.15) is 22.2 Å². The van der Waals surface area contributed by atoms with Crippen molar-refractivity contribution in [2.24, 2.45) is 5.92 Å². The first kappa shape index (κ1) is 20.3. The third-order valence-corrected chi connectivity index (χ3v) is 8.09. The van der Waals surface area contributed by atoms with Gasteiger partial charge in [0.25, 0.3) is 0 Å². The van der Waals surface area contributed by atoms with E-state index >= 15 is 0 Å². The number of sulfonamides is 1. The quantitative estimate of drug-likeness (QED) is 0.735. The Labute approximate surface area is 172 Å². The molecule has 0 amide bonds. The van der Waals surface area contributed by atoms with E-state index in [4.69, 9.17) is 4.52 Å². The first-order valence-electron chi connectivity index (χ1n) is 10.4. The summed E-state index contributed by atoms with van der Waals surface area (Å²) < 4.78 is 32.6. The highest BCUT2D eigenvalue weighted by Crippen LogP contribution is 2.29. The largest absolute Gasteiger partial charge is 0.360 e. The minimum atomic E-state index is -3.56. The molecule has 4 heterocycles. The number of hydrogen-bond acceptors (Lipinski definition) is 7. The molecule has 2 aliphatic rings. The molecule has 0 aromatic carbocycles. The predicted octanol–water partition coefficient (Wildman–Crippen LogP) is 2.63. The molecule has 0 radical (unpaired) electrons. The Kier molecular flexibility index (Phi) is 5.61. The molecule has 0 atom stereocenters. The standard InChI is InChI=1S/C20H29N5O3S/c1-14-20(15(2)28-23-14)29(26,27)25-10-6-17(7-11-25)12-18-13-19(22-16(3)21-18)24-8-4-5-9-24/h13,17H,4-12H2,1-3H3. The van der Waals surface area contributed by atoms with Gasteiger partial charge < -0.3 is 9.42 Å². The van der Waals surface area contributed by atoms with Crippen LogP contribution in [0, 0.1) is 26.7 Å². The SMILES string of the molecule is Cc1nc(CC2CCN(S(=O)(=O)c3c(C)noc3C)CC2)cc(N2CCCC2)n1. The Hall–Kier alpha value is -2.00. The number of anilines is 1. The summed E-state index contributed by atoms with van der Waals surface area (Å²) in [6.07, 6.45) is 4.95. The number of piperidine rings is 1. The lowest BCUT2D eigenvalue weighted by atomic mass is 9.93. The van der Waals surface area contributed by atoms with Gasteiger partial charge in [0.2, 0.25) is 10.0 Å². The van der Waals surface area contributed by atoms with Gasteiger partial charge in [-0.1, -0.05) is 5.16 Å². The van der Waals surface area contributed by atoms with Crippen LogP contribution in [0.1, 0.15) is 48.7 Å². The van der Waals surface area contributed by atoms with Crippen molar-refractivity contribution in [3.63, 3.8) is 0 Å². The van der Waals surface area contributed by atoms with Crippen molar-refractivity contribution in [3.05, 3.63) is 29.0 Å². The molecule has 0 saturated carbocycles. The second kappa shape index (κ2) is 8.02. The maximum absolute atomic E-state index is 13.0. The number of hydrogen-bond donors (Lipinski definition) is 0. The molecule has 9 heteroatoms. The highest BCUT2D eigenvalue weighted by Gasteiger charge is 2.34. The third-order valence-electron chi connectivity index (χ3n) is 5.94. The molecule has 2 fully saturated rings. The van der Waals surface area contributed by atoms with Crippen LogP contribution in [0.25, 0.3) is 0 Å². The molecule has 0 spiro atoms. The van der Waals surface area contributed by atoms with Crippen molar-refractivity contribution < 1.29 is 12.9 Å².